The van der Waals surface area contributed by atoms with Crippen molar-refractivity contribution in [3.05, 3.63) is 64.7 Å². The van der Waals surface area contributed by atoms with Crippen molar-refractivity contribution < 1.29 is 24.2 Å². The molecule has 1 atom stereocenters. The monoisotopic (exact) mass is 491 g/mol. The summed E-state index contributed by atoms with van der Waals surface area (Å²) in [4.78, 5) is 28.6. The predicted molar refractivity (Wildman–Crippen MR) is 140 cm³/mol. The summed E-state index contributed by atoms with van der Waals surface area (Å²) in [7, 11) is 0. The molecule has 0 bridgehead atoms. The van der Waals surface area contributed by atoms with E-state index in [0.717, 1.165) is 49.0 Å². The van der Waals surface area contributed by atoms with Crippen LogP contribution >= 0.6 is 0 Å². The van der Waals surface area contributed by atoms with E-state index >= 15 is 0 Å². The van der Waals surface area contributed by atoms with E-state index in [0.29, 0.717) is 24.5 Å². The first-order valence-corrected chi connectivity index (χ1v) is 13.2. The summed E-state index contributed by atoms with van der Waals surface area (Å²) in [5, 5.41) is 11.6. The topological polar surface area (TPSA) is 76.1 Å². The van der Waals surface area contributed by atoms with Crippen molar-refractivity contribution in [3.63, 3.8) is 0 Å². The highest BCUT2D eigenvalue weighted by molar-refractivity contribution is 6.46. The van der Waals surface area contributed by atoms with Gasteiger partial charge in [0.1, 0.15) is 17.3 Å². The standard InChI is InChI=1S/C30H37NO5/c1-5-35-23-14-10-11-20(17-23)27-26(29(33)30(34)31(27)22-12-8-7-9-13-22)28(32)21-15-16-25(36-6-2)24(18-21)19(3)4/h10-11,14-19,22,27,32H,5-9,12-13H2,1-4H3/b28-26+. The molecule has 0 spiro atoms. The SMILES string of the molecule is CCOc1cccc(C2/C(=C(\O)c3ccc(OCC)c(C(C)C)c3)C(=O)C(=O)N2C2CCCCC2)c1. The molecule has 2 aromatic rings. The van der Waals surface area contributed by atoms with Gasteiger partial charge in [-0.05, 0) is 74.1 Å². The van der Waals surface area contributed by atoms with Crippen molar-refractivity contribution in [2.75, 3.05) is 13.2 Å². The van der Waals surface area contributed by atoms with Crippen LogP contribution < -0.4 is 9.47 Å². The number of aliphatic hydroxyl groups is 1. The lowest BCUT2D eigenvalue weighted by Gasteiger charge is -2.35. The molecule has 0 radical (unpaired) electrons. The quantitative estimate of drug-likeness (QED) is 0.264. The number of ether oxygens (including phenoxy) is 2. The molecule has 2 aliphatic rings. The van der Waals surface area contributed by atoms with Gasteiger partial charge in [-0.3, -0.25) is 9.59 Å². The summed E-state index contributed by atoms with van der Waals surface area (Å²) in [6, 6.07) is 12.3. The number of likely N-dealkylation sites (tertiary alicyclic amines) is 1. The van der Waals surface area contributed by atoms with E-state index in [2.05, 4.69) is 13.8 Å². The molecule has 6 heteroatoms. The van der Waals surface area contributed by atoms with Crippen molar-refractivity contribution in [1.29, 1.82) is 0 Å². The number of hydrogen-bond donors (Lipinski definition) is 1. The van der Waals surface area contributed by atoms with E-state index in [1.54, 1.807) is 11.0 Å². The van der Waals surface area contributed by atoms with E-state index in [1.165, 1.54) is 0 Å². The number of amides is 1. The second kappa shape index (κ2) is 11.2. The second-order valence-electron chi connectivity index (χ2n) is 9.84. The molecule has 1 aliphatic carbocycles. The van der Waals surface area contributed by atoms with Gasteiger partial charge in [-0.25, -0.2) is 0 Å². The first-order chi connectivity index (χ1) is 17.4. The molecular weight excluding hydrogens is 454 g/mol. The fourth-order valence-electron chi connectivity index (χ4n) is 5.44. The number of hydrogen-bond acceptors (Lipinski definition) is 5. The Balaban J connectivity index is 1.87. The summed E-state index contributed by atoms with van der Waals surface area (Å²) in [5.74, 6) is 0.265. The molecule has 1 N–H and O–H groups in total. The maximum atomic E-state index is 13.5. The van der Waals surface area contributed by atoms with Crippen molar-refractivity contribution in [3.8, 4) is 11.5 Å². The van der Waals surface area contributed by atoms with E-state index in [9.17, 15) is 14.7 Å². The van der Waals surface area contributed by atoms with Gasteiger partial charge in [-0.15, -0.1) is 0 Å². The Hall–Kier alpha value is -3.28. The van der Waals surface area contributed by atoms with Crippen LogP contribution in [-0.2, 0) is 9.59 Å². The third-order valence-electron chi connectivity index (χ3n) is 7.14. The molecule has 6 nitrogen and oxygen atoms in total. The van der Waals surface area contributed by atoms with Crippen LogP contribution in [0.5, 0.6) is 11.5 Å². The Bertz CT molecular complexity index is 1150. The fraction of sp³-hybridized carbons (Fsp3) is 0.467. The zero-order valence-corrected chi connectivity index (χ0v) is 21.8. The van der Waals surface area contributed by atoms with Gasteiger partial charge in [0.05, 0.1) is 24.8 Å². The summed E-state index contributed by atoms with van der Waals surface area (Å²) in [6.45, 7) is 9.01. The largest absolute Gasteiger partial charge is 0.507 e. The molecule has 2 aromatic carbocycles. The normalized spacial score (nSPS) is 20.2. The lowest BCUT2D eigenvalue weighted by atomic mass is 9.90. The van der Waals surface area contributed by atoms with Crippen LogP contribution in [0, 0.1) is 0 Å². The van der Waals surface area contributed by atoms with Crippen LogP contribution in [0.25, 0.3) is 5.76 Å². The summed E-state index contributed by atoms with van der Waals surface area (Å²) >= 11 is 0. The van der Waals surface area contributed by atoms with Crippen LogP contribution in [0.1, 0.15) is 88.4 Å². The van der Waals surface area contributed by atoms with E-state index in [1.807, 2.05) is 50.2 Å². The summed E-state index contributed by atoms with van der Waals surface area (Å²) < 4.78 is 11.5. The van der Waals surface area contributed by atoms with Crippen LogP contribution in [0.2, 0.25) is 0 Å². The molecule has 1 amide bonds. The fourth-order valence-corrected chi connectivity index (χ4v) is 5.44. The number of ketones is 1. The number of aliphatic hydroxyl groups excluding tert-OH is 1. The molecule has 1 aliphatic heterocycles. The van der Waals surface area contributed by atoms with Crippen LogP contribution in [0.4, 0.5) is 0 Å². The molecule has 36 heavy (non-hydrogen) atoms. The Morgan fingerprint density at radius 2 is 1.72 bits per heavy atom. The molecule has 2 fully saturated rings. The van der Waals surface area contributed by atoms with Crippen molar-refractivity contribution in [2.45, 2.75) is 77.8 Å². The van der Waals surface area contributed by atoms with Gasteiger partial charge in [0.25, 0.3) is 11.7 Å². The number of Topliss-reactive ketones (excluding diaryl/α,β-unsaturated/α-hetero) is 1. The Morgan fingerprint density at radius 3 is 2.39 bits per heavy atom. The van der Waals surface area contributed by atoms with Crippen molar-refractivity contribution in [1.82, 2.24) is 4.90 Å². The van der Waals surface area contributed by atoms with Crippen molar-refractivity contribution >= 4 is 17.4 Å². The molecule has 1 saturated heterocycles. The average Bonchev–Trinajstić information content (AvgIpc) is 3.15. The van der Waals surface area contributed by atoms with Gasteiger partial charge in [-0.1, -0.05) is 45.2 Å². The zero-order valence-electron chi connectivity index (χ0n) is 21.8. The van der Waals surface area contributed by atoms with Crippen LogP contribution in [0.15, 0.2) is 48.0 Å². The lowest BCUT2D eigenvalue weighted by molar-refractivity contribution is -0.141. The Morgan fingerprint density at radius 1 is 1.00 bits per heavy atom. The highest BCUT2D eigenvalue weighted by Gasteiger charge is 2.49. The number of carbonyl (C=O) groups excluding carboxylic acids is 2. The van der Waals surface area contributed by atoms with Gasteiger partial charge in [0, 0.05) is 11.6 Å². The maximum Gasteiger partial charge on any atom is 0.295 e. The molecule has 1 saturated carbocycles. The first kappa shape index (κ1) is 25.8. The predicted octanol–water partition coefficient (Wildman–Crippen LogP) is 6.36. The maximum absolute atomic E-state index is 13.5. The molecule has 0 aromatic heterocycles. The molecule has 1 unspecified atom stereocenters. The number of carbonyl (C=O) groups is 2. The molecule has 4 rings (SSSR count). The summed E-state index contributed by atoms with van der Waals surface area (Å²) in [5.41, 5.74) is 2.35. The van der Waals surface area contributed by atoms with Gasteiger partial charge < -0.3 is 19.5 Å². The van der Waals surface area contributed by atoms with Crippen LogP contribution in [-0.4, -0.2) is 41.0 Å². The Labute approximate surface area is 213 Å². The summed E-state index contributed by atoms with van der Waals surface area (Å²) in [6.07, 6.45) is 4.89. The number of nitrogens with zero attached hydrogens (tertiary/aromatic N) is 1. The van der Waals surface area contributed by atoms with Gasteiger partial charge >= 0.3 is 0 Å². The average molecular weight is 492 g/mol. The number of benzene rings is 2. The third-order valence-corrected chi connectivity index (χ3v) is 7.14. The van der Waals surface area contributed by atoms with E-state index < -0.39 is 17.7 Å². The first-order valence-electron chi connectivity index (χ1n) is 13.2. The minimum absolute atomic E-state index is 0.0344. The van der Waals surface area contributed by atoms with Gasteiger partial charge in [0.15, 0.2) is 0 Å². The smallest absolute Gasteiger partial charge is 0.295 e. The minimum Gasteiger partial charge on any atom is -0.507 e. The minimum atomic E-state index is -0.664. The second-order valence-corrected chi connectivity index (χ2v) is 9.84. The van der Waals surface area contributed by atoms with E-state index in [-0.39, 0.29) is 23.3 Å². The van der Waals surface area contributed by atoms with E-state index in [4.69, 9.17) is 9.47 Å². The zero-order chi connectivity index (χ0) is 25.8. The van der Waals surface area contributed by atoms with Crippen LogP contribution in [0.3, 0.4) is 0 Å². The molecule has 1 heterocycles. The third kappa shape index (κ3) is 4.99. The Kier molecular flexibility index (Phi) is 8.02. The molecular formula is C30H37NO5. The van der Waals surface area contributed by atoms with Gasteiger partial charge in [-0.2, -0.15) is 0 Å². The number of rotatable bonds is 8. The highest BCUT2D eigenvalue weighted by Crippen LogP contribution is 2.44. The van der Waals surface area contributed by atoms with Crippen molar-refractivity contribution in [2.24, 2.45) is 0 Å². The van der Waals surface area contributed by atoms with Gasteiger partial charge in [0.2, 0.25) is 0 Å². The molecule has 192 valence electrons. The lowest BCUT2D eigenvalue weighted by Crippen LogP contribution is -2.40. The highest BCUT2D eigenvalue weighted by atomic mass is 16.5.